The van der Waals surface area contributed by atoms with E-state index in [1.807, 2.05) is 4.90 Å². The van der Waals surface area contributed by atoms with Gasteiger partial charge in [0.25, 0.3) is 0 Å². The molecule has 0 aliphatic carbocycles. The number of rotatable bonds is 2. The highest BCUT2D eigenvalue weighted by atomic mass is 35.5. The fourth-order valence-electron chi connectivity index (χ4n) is 4.30. The summed E-state index contributed by atoms with van der Waals surface area (Å²) in [7, 11) is 0. The number of pyridine rings is 1. The quantitative estimate of drug-likeness (QED) is 0.637. The Kier molecular flexibility index (Phi) is 4.41. The predicted octanol–water partition coefficient (Wildman–Crippen LogP) is 3.44. The van der Waals surface area contributed by atoms with Crippen molar-refractivity contribution >= 4 is 11.6 Å². The summed E-state index contributed by atoms with van der Waals surface area (Å²) in [4.78, 5) is 13.3. The van der Waals surface area contributed by atoms with Gasteiger partial charge in [0.05, 0.1) is 16.6 Å². The molecule has 1 fully saturated rings. The van der Waals surface area contributed by atoms with E-state index in [1.54, 1.807) is 12.3 Å². The summed E-state index contributed by atoms with van der Waals surface area (Å²) in [6.07, 6.45) is 5.81. The van der Waals surface area contributed by atoms with Crippen LogP contribution in [0, 0.1) is 5.95 Å². The number of halogens is 2. The Hall–Kier alpha value is -2.29. The first-order valence-corrected chi connectivity index (χ1v) is 9.72. The average molecular weight is 404 g/mol. The lowest BCUT2D eigenvalue weighted by atomic mass is 9.90. The number of nitrogens with zero attached hydrogens (tertiary/aromatic N) is 4. The van der Waals surface area contributed by atoms with Crippen LogP contribution in [0.4, 0.5) is 4.39 Å². The Morgan fingerprint density at radius 3 is 3.00 bits per heavy atom. The summed E-state index contributed by atoms with van der Waals surface area (Å²) in [5, 5.41) is 15.6. The molecule has 2 N–H and O–H groups in total. The van der Waals surface area contributed by atoms with E-state index >= 15 is 0 Å². The molecule has 9 heteroatoms. The minimum Gasteiger partial charge on any atom is -0.374 e. The standard InChI is InChI=1S/C19H19ClFN5O2/c20-12-5-15(22-8-12)17-24-18(28-25-17)11-2-4-13-3-1-10-7-23-16(21)6-14(10)19(27)26(13)9-11/h5-8,11,13,19,22,27H,1-4,9H2. The van der Waals surface area contributed by atoms with E-state index < -0.39 is 12.2 Å². The van der Waals surface area contributed by atoms with Crippen molar-refractivity contribution < 1.29 is 14.0 Å². The highest BCUT2D eigenvalue weighted by Gasteiger charge is 2.38. The van der Waals surface area contributed by atoms with Crippen LogP contribution in [0.15, 0.2) is 29.0 Å². The van der Waals surface area contributed by atoms with Crippen LogP contribution in [-0.4, -0.2) is 42.7 Å². The largest absolute Gasteiger partial charge is 0.374 e. The van der Waals surface area contributed by atoms with Crippen molar-refractivity contribution in [3.05, 3.63) is 52.5 Å². The number of H-pyrrole nitrogens is 1. The molecule has 2 aliphatic heterocycles. The van der Waals surface area contributed by atoms with E-state index in [9.17, 15) is 9.50 Å². The molecule has 146 valence electrons. The molecular formula is C19H19ClFN5O2. The molecule has 0 bridgehead atoms. The number of piperidine rings is 1. The van der Waals surface area contributed by atoms with Crippen molar-refractivity contribution in [3.63, 3.8) is 0 Å². The monoisotopic (exact) mass is 403 g/mol. The van der Waals surface area contributed by atoms with E-state index in [2.05, 4.69) is 20.1 Å². The first kappa shape index (κ1) is 17.8. The maximum absolute atomic E-state index is 13.6. The summed E-state index contributed by atoms with van der Waals surface area (Å²) >= 11 is 5.94. The van der Waals surface area contributed by atoms with Crippen molar-refractivity contribution in [3.8, 4) is 11.5 Å². The fourth-order valence-corrected chi connectivity index (χ4v) is 4.46. The van der Waals surface area contributed by atoms with Crippen LogP contribution in [0.2, 0.25) is 5.02 Å². The van der Waals surface area contributed by atoms with Gasteiger partial charge in [-0.3, -0.25) is 4.90 Å². The number of aryl methyl sites for hydroxylation is 1. The molecule has 0 saturated carbocycles. The SMILES string of the molecule is OC1c2cc(F)ncc2CCC2CCC(c3nc(-c4cc(Cl)c[nH]4)no3)CN21. The molecule has 3 aromatic heterocycles. The second-order valence-electron chi connectivity index (χ2n) is 7.43. The van der Waals surface area contributed by atoms with Gasteiger partial charge in [0.15, 0.2) is 0 Å². The molecule has 0 radical (unpaired) electrons. The molecule has 5 heterocycles. The Morgan fingerprint density at radius 1 is 1.29 bits per heavy atom. The second kappa shape index (κ2) is 6.95. The van der Waals surface area contributed by atoms with Crippen LogP contribution in [-0.2, 0) is 6.42 Å². The summed E-state index contributed by atoms with van der Waals surface area (Å²) in [5.41, 5.74) is 2.20. The fraction of sp³-hybridized carbons (Fsp3) is 0.421. The van der Waals surface area contributed by atoms with Crippen LogP contribution in [0.1, 0.15) is 48.4 Å². The highest BCUT2D eigenvalue weighted by Crippen LogP contribution is 2.39. The summed E-state index contributed by atoms with van der Waals surface area (Å²) in [6.45, 7) is 0.572. The van der Waals surface area contributed by atoms with Crippen molar-refractivity contribution in [2.75, 3.05) is 6.54 Å². The molecule has 1 saturated heterocycles. The van der Waals surface area contributed by atoms with Gasteiger partial charge >= 0.3 is 0 Å². The topological polar surface area (TPSA) is 91.1 Å². The summed E-state index contributed by atoms with van der Waals surface area (Å²) < 4.78 is 19.1. The Bertz CT molecular complexity index is 1010. The third-order valence-electron chi connectivity index (χ3n) is 5.76. The van der Waals surface area contributed by atoms with Crippen LogP contribution < -0.4 is 0 Å². The molecule has 0 spiro atoms. The molecule has 7 nitrogen and oxygen atoms in total. The van der Waals surface area contributed by atoms with Gasteiger partial charge in [-0.25, -0.2) is 4.98 Å². The van der Waals surface area contributed by atoms with Gasteiger partial charge in [0, 0.05) is 36.6 Å². The Labute approximate surface area is 165 Å². The molecule has 2 aliphatic rings. The van der Waals surface area contributed by atoms with Crippen LogP contribution >= 0.6 is 11.6 Å². The normalized spacial score (nSPS) is 25.2. The highest BCUT2D eigenvalue weighted by molar-refractivity contribution is 6.30. The smallest absolute Gasteiger partial charge is 0.231 e. The Balaban J connectivity index is 1.40. The van der Waals surface area contributed by atoms with Gasteiger partial charge < -0.3 is 14.6 Å². The zero-order chi connectivity index (χ0) is 19.3. The predicted molar refractivity (Wildman–Crippen MR) is 99.0 cm³/mol. The van der Waals surface area contributed by atoms with E-state index in [-0.39, 0.29) is 12.0 Å². The number of hydrogen-bond acceptors (Lipinski definition) is 6. The molecule has 5 rings (SSSR count). The van der Waals surface area contributed by atoms with Crippen LogP contribution in [0.3, 0.4) is 0 Å². The lowest BCUT2D eigenvalue weighted by Gasteiger charge is -2.40. The third kappa shape index (κ3) is 3.11. The van der Waals surface area contributed by atoms with Crippen molar-refractivity contribution in [1.29, 1.82) is 0 Å². The Morgan fingerprint density at radius 2 is 2.18 bits per heavy atom. The third-order valence-corrected chi connectivity index (χ3v) is 5.97. The number of aliphatic hydroxyl groups excluding tert-OH is 1. The molecule has 0 aromatic carbocycles. The first-order chi connectivity index (χ1) is 13.6. The molecular weight excluding hydrogens is 385 g/mol. The molecule has 3 atom stereocenters. The molecule has 3 aromatic rings. The van der Waals surface area contributed by atoms with Crippen molar-refractivity contribution in [1.82, 2.24) is 25.0 Å². The van der Waals surface area contributed by atoms with Crippen molar-refractivity contribution in [2.24, 2.45) is 0 Å². The van der Waals surface area contributed by atoms with Gasteiger partial charge in [-0.1, -0.05) is 16.8 Å². The van der Waals surface area contributed by atoms with Gasteiger partial charge in [-0.2, -0.15) is 9.37 Å². The molecule has 28 heavy (non-hydrogen) atoms. The summed E-state index contributed by atoms with van der Waals surface area (Å²) in [5.74, 6) is 0.428. The van der Waals surface area contributed by atoms with Crippen LogP contribution in [0.5, 0.6) is 0 Å². The zero-order valence-electron chi connectivity index (χ0n) is 15.0. The second-order valence-corrected chi connectivity index (χ2v) is 7.87. The molecule has 0 amide bonds. The van der Waals surface area contributed by atoms with Gasteiger partial charge in [0.2, 0.25) is 17.7 Å². The number of aromatic nitrogens is 4. The van der Waals surface area contributed by atoms with E-state index in [0.717, 1.165) is 31.2 Å². The van der Waals surface area contributed by atoms with E-state index in [4.69, 9.17) is 16.1 Å². The lowest BCUT2D eigenvalue weighted by molar-refractivity contribution is -0.0491. The molecule has 3 unspecified atom stereocenters. The number of aromatic amines is 1. The minimum absolute atomic E-state index is 0.00539. The summed E-state index contributed by atoms with van der Waals surface area (Å²) in [6, 6.07) is 3.31. The van der Waals surface area contributed by atoms with E-state index in [1.165, 1.54) is 12.3 Å². The van der Waals surface area contributed by atoms with Gasteiger partial charge in [-0.15, -0.1) is 0 Å². The van der Waals surface area contributed by atoms with Gasteiger partial charge in [0.1, 0.15) is 6.23 Å². The van der Waals surface area contributed by atoms with Gasteiger partial charge in [-0.05, 0) is 37.3 Å². The lowest BCUT2D eigenvalue weighted by Crippen LogP contribution is -2.44. The average Bonchev–Trinajstić information content (AvgIpc) is 3.32. The minimum atomic E-state index is -0.868. The maximum Gasteiger partial charge on any atom is 0.231 e. The number of hydrogen-bond donors (Lipinski definition) is 2. The van der Waals surface area contributed by atoms with Crippen LogP contribution in [0.25, 0.3) is 11.5 Å². The number of aliphatic hydroxyl groups is 1. The number of fused-ring (bicyclic) bond motifs is 2. The maximum atomic E-state index is 13.6. The zero-order valence-corrected chi connectivity index (χ0v) is 15.7. The van der Waals surface area contributed by atoms with Crippen molar-refractivity contribution in [2.45, 2.75) is 43.9 Å². The first-order valence-electron chi connectivity index (χ1n) is 9.34. The number of nitrogens with one attached hydrogen (secondary N) is 1. The van der Waals surface area contributed by atoms with E-state index in [0.29, 0.717) is 34.5 Å².